The molecule has 0 unspecified atom stereocenters. The predicted octanol–water partition coefficient (Wildman–Crippen LogP) is -2.36. The lowest BCUT2D eigenvalue weighted by molar-refractivity contribution is -0.379. The molecule has 0 atom stereocenters. The van der Waals surface area contributed by atoms with Crippen molar-refractivity contribution in [3.05, 3.63) is 10.4 Å². The number of carboxylic acid groups (broad SMARTS) is 1. The molecule has 0 aromatic rings. The molecule has 0 amide bonds. The highest BCUT2D eigenvalue weighted by molar-refractivity contribution is 5.76. The van der Waals surface area contributed by atoms with Crippen molar-refractivity contribution in [3.8, 4) is 0 Å². The van der Waals surface area contributed by atoms with Crippen LogP contribution in [-0.2, 0) is 4.79 Å². The van der Waals surface area contributed by atoms with Crippen molar-refractivity contribution in [1.82, 2.24) is 0 Å². The average molecular weight is 187 g/mol. The van der Waals surface area contributed by atoms with Gasteiger partial charge in [-0.1, -0.05) is 0 Å². The van der Waals surface area contributed by atoms with E-state index in [1.54, 1.807) is 0 Å². The van der Waals surface area contributed by atoms with Crippen molar-refractivity contribution in [1.29, 1.82) is 0 Å². The fraction of sp³-hybridized carbons (Fsp3) is 0.500. The Morgan fingerprint density at radius 2 is 2.00 bits per heavy atom. The van der Waals surface area contributed by atoms with Crippen molar-refractivity contribution in [3.63, 3.8) is 0 Å². The highest BCUT2D eigenvalue weighted by atomic mass is 16.4. The first-order chi connectivity index (χ1) is 6.21. The van der Waals surface area contributed by atoms with Crippen molar-refractivity contribution in [2.24, 2.45) is 31.6 Å². The number of nitrogens with two attached hydrogens (primary N) is 1. The van der Waals surface area contributed by atoms with E-state index in [0.717, 1.165) is 0 Å². The number of carbonyl (C=O) groups excluding carboxylic acids is 1. The van der Waals surface area contributed by atoms with E-state index in [1.807, 2.05) is 0 Å². The molecule has 0 fully saturated rings. The van der Waals surface area contributed by atoms with E-state index in [1.165, 1.54) is 0 Å². The number of rotatable bonds is 2. The first-order valence-corrected chi connectivity index (χ1v) is 2.74. The van der Waals surface area contributed by atoms with Gasteiger partial charge in [-0.25, -0.2) is 0 Å². The number of carbonyl (C=O) groups is 1. The van der Waals surface area contributed by atoms with Crippen LogP contribution in [0.2, 0.25) is 0 Å². The molecule has 0 bridgehead atoms. The molecule has 1 aliphatic heterocycles. The maximum atomic E-state index is 10.2. The van der Waals surface area contributed by atoms with Gasteiger partial charge < -0.3 is 9.90 Å². The molecule has 1 heterocycles. The SMILES string of the molecule is N[NH3+].[N-]=[N+]=NC1(C(=O)[O-])N=NN=N1. The average Bonchev–Trinajstić information content (AvgIpc) is 2.59. The molecule has 0 saturated carbocycles. The summed E-state index contributed by atoms with van der Waals surface area (Å²) in [7, 11) is 0. The van der Waals surface area contributed by atoms with Gasteiger partial charge in [-0.2, -0.15) is 5.84 Å². The number of quaternary nitrogens is 1. The molecule has 5 N–H and O–H groups in total. The fourth-order valence-corrected chi connectivity index (χ4v) is 0.410. The van der Waals surface area contributed by atoms with Crippen LogP contribution in [-0.4, -0.2) is 11.8 Å². The summed E-state index contributed by atoms with van der Waals surface area (Å²) in [6, 6.07) is 0. The van der Waals surface area contributed by atoms with Gasteiger partial charge in [0.25, 0.3) is 0 Å². The number of aliphatic carboxylic acids is 1. The second-order valence-corrected chi connectivity index (χ2v) is 1.49. The molecule has 0 aromatic heterocycles. The minimum absolute atomic E-state index is 1.76. The largest absolute Gasteiger partial charge is 0.545 e. The third-order valence-electron chi connectivity index (χ3n) is 0.866. The number of azide groups is 1. The molecule has 0 aromatic carbocycles. The van der Waals surface area contributed by atoms with Gasteiger partial charge in [0.1, 0.15) is 5.97 Å². The predicted molar refractivity (Wildman–Crippen MR) is 33.7 cm³/mol. The van der Waals surface area contributed by atoms with E-state index < -0.39 is 11.8 Å². The lowest BCUT2D eigenvalue weighted by Crippen LogP contribution is -2.59. The number of nitrogens with zero attached hydrogens (tertiary/aromatic N) is 7. The number of carboxylic acids is 1. The van der Waals surface area contributed by atoms with E-state index in [-0.39, 0.29) is 0 Å². The Bertz CT molecular complexity index is 270. The van der Waals surface area contributed by atoms with Gasteiger partial charge in [0.15, 0.2) is 0 Å². The zero-order chi connectivity index (χ0) is 10.3. The minimum atomic E-state index is -2.32. The lowest BCUT2D eigenvalue weighted by Gasteiger charge is -2.12. The Kier molecular flexibility index (Phi) is 3.95. The van der Waals surface area contributed by atoms with Crippen LogP contribution < -0.4 is 16.8 Å². The summed E-state index contributed by atoms with van der Waals surface area (Å²) in [5.74, 6) is 2.91. The summed E-state index contributed by atoms with van der Waals surface area (Å²) in [4.78, 5) is 12.4. The highest BCUT2D eigenvalue weighted by Crippen LogP contribution is 2.20. The van der Waals surface area contributed by atoms with E-state index in [0.29, 0.717) is 0 Å². The molecule has 11 nitrogen and oxygen atoms in total. The molecule has 0 radical (unpaired) electrons. The lowest BCUT2D eigenvalue weighted by atomic mass is 10.4. The maximum Gasteiger partial charge on any atom is 0.311 e. The Hall–Kier alpha value is -2.10. The molecule has 0 spiro atoms. The monoisotopic (exact) mass is 187 g/mol. The molecule has 1 rings (SSSR count). The van der Waals surface area contributed by atoms with Gasteiger partial charge in [-0.15, -0.1) is 10.2 Å². The Balaban J connectivity index is 0.000000671. The van der Waals surface area contributed by atoms with Gasteiger partial charge >= 0.3 is 5.79 Å². The molecular weight excluding hydrogens is 182 g/mol. The quantitative estimate of drug-likeness (QED) is 0.161. The first kappa shape index (κ1) is 10.9. The normalized spacial score (nSPS) is 15.5. The van der Waals surface area contributed by atoms with E-state index >= 15 is 0 Å². The molecule has 0 saturated heterocycles. The summed E-state index contributed by atoms with van der Waals surface area (Å²) in [6.45, 7) is 0. The second-order valence-electron chi connectivity index (χ2n) is 1.49. The smallest absolute Gasteiger partial charge is 0.311 e. The van der Waals surface area contributed by atoms with Crippen LogP contribution >= 0.6 is 0 Å². The Morgan fingerprint density at radius 3 is 2.31 bits per heavy atom. The zero-order valence-corrected chi connectivity index (χ0v) is 6.23. The van der Waals surface area contributed by atoms with Crippen LogP contribution in [0.4, 0.5) is 0 Å². The Labute approximate surface area is 70.7 Å². The second kappa shape index (κ2) is 4.71. The molecule has 1 aliphatic rings. The maximum absolute atomic E-state index is 10.2. The first-order valence-electron chi connectivity index (χ1n) is 2.74. The molecule has 0 aliphatic carbocycles. The van der Waals surface area contributed by atoms with Crippen LogP contribution in [0.3, 0.4) is 0 Å². The van der Waals surface area contributed by atoms with E-state index in [9.17, 15) is 9.90 Å². The van der Waals surface area contributed by atoms with Crippen molar-refractivity contribution in [2.75, 3.05) is 0 Å². The van der Waals surface area contributed by atoms with Crippen molar-refractivity contribution in [2.45, 2.75) is 5.79 Å². The van der Waals surface area contributed by atoms with Crippen LogP contribution in [0.1, 0.15) is 0 Å². The fourth-order valence-electron chi connectivity index (χ4n) is 0.410. The number of hydrogen-bond donors (Lipinski definition) is 2. The van der Waals surface area contributed by atoms with E-state index in [4.69, 9.17) is 5.53 Å². The molecular formula is C2H5N9O2. The third kappa shape index (κ3) is 2.16. The van der Waals surface area contributed by atoms with Crippen molar-refractivity contribution >= 4 is 5.97 Å². The molecule has 13 heavy (non-hydrogen) atoms. The summed E-state index contributed by atoms with van der Waals surface area (Å²) in [6.07, 6.45) is 0. The Morgan fingerprint density at radius 1 is 1.54 bits per heavy atom. The van der Waals surface area contributed by atoms with Gasteiger partial charge in [-0.05, 0) is 21.1 Å². The van der Waals surface area contributed by atoms with Crippen LogP contribution in [0.15, 0.2) is 25.8 Å². The third-order valence-corrected chi connectivity index (χ3v) is 0.866. The number of hydrogen-bond acceptors (Lipinski definition) is 8. The molecule has 70 valence electrons. The topological polar surface area (TPSA) is 192 Å². The summed E-state index contributed by atoms with van der Waals surface area (Å²) in [5, 5.41) is 24.7. The van der Waals surface area contributed by atoms with Crippen molar-refractivity contribution < 1.29 is 15.7 Å². The van der Waals surface area contributed by atoms with Crippen LogP contribution in [0.25, 0.3) is 10.4 Å². The highest BCUT2D eigenvalue weighted by Gasteiger charge is 2.33. The van der Waals surface area contributed by atoms with Crippen LogP contribution in [0, 0.1) is 0 Å². The van der Waals surface area contributed by atoms with Gasteiger partial charge in [0.2, 0.25) is 0 Å². The van der Waals surface area contributed by atoms with Gasteiger partial charge in [-0.3, -0.25) is 5.84 Å². The summed E-state index contributed by atoms with van der Waals surface area (Å²) in [5.41, 5.74) is 7.90. The summed E-state index contributed by atoms with van der Waals surface area (Å²) >= 11 is 0. The van der Waals surface area contributed by atoms with Gasteiger partial charge in [0.05, 0.1) is 0 Å². The zero-order valence-electron chi connectivity index (χ0n) is 6.23. The minimum Gasteiger partial charge on any atom is -0.545 e. The van der Waals surface area contributed by atoms with Crippen LogP contribution in [0.5, 0.6) is 0 Å². The summed E-state index contributed by atoms with van der Waals surface area (Å²) < 4.78 is 0. The molecule has 11 heteroatoms. The standard InChI is InChI=1S/C2HN7O2.H4N2/c3-7-4-2(1(10)11)5-8-9-6-2;1-2/h(H,10,11);1-2H2. The van der Waals surface area contributed by atoms with Gasteiger partial charge in [0, 0.05) is 4.91 Å². The van der Waals surface area contributed by atoms with E-state index in [2.05, 4.69) is 42.4 Å².